The third-order valence-corrected chi connectivity index (χ3v) is 3.04. The van der Waals surface area contributed by atoms with Crippen molar-refractivity contribution in [2.24, 2.45) is 5.92 Å². The Morgan fingerprint density at radius 3 is 2.82 bits per heavy atom. The van der Waals surface area contributed by atoms with Crippen molar-refractivity contribution in [3.05, 3.63) is 45.0 Å². The maximum atomic E-state index is 12.3. The molecule has 0 aliphatic carbocycles. The van der Waals surface area contributed by atoms with Gasteiger partial charge in [0.25, 0.3) is 11.2 Å². The molecule has 116 valence electrons. The number of benzene rings is 1. The molecule has 0 saturated carbocycles. The van der Waals surface area contributed by atoms with Gasteiger partial charge >= 0.3 is 0 Å². The van der Waals surface area contributed by atoms with Crippen LogP contribution < -0.4 is 10.9 Å². The van der Waals surface area contributed by atoms with E-state index in [1.807, 2.05) is 13.8 Å². The predicted molar refractivity (Wildman–Crippen MR) is 80.5 cm³/mol. The zero-order chi connectivity index (χ0) is 16.3. The van der Waals surface area contributed by atoms with Gasteiger partial charge < -0.3 is 5.32 Å². The van der Waals surface area contributed by atoms with E-state index in [0.29, 0.717) is 12.5 Å². The van der Waals surface area contributed by atoms with Gasteiger partial charge in [-0.15, -0.1) is 0 Å². The van der Waals surface area contributed by atoms with E-state index < -0.39 is 10.5 Å². The molecule has 1 aromatic heterocycles. The molecule has 0 bridgehead atoms. The van der Waals surface area contributed by atoms with Crippen molar-refractivity contribution in [2.45, 2.75) is 20.4 Å². The van der Waals surface area contributed by atoms with E-state index in [9.17, 15) is 19.7 Å². The Balaban J connectivity index is 2.28. The lowest BCUT2D eigenvalue weighted by Gasteiger charge is -2.09. The third-order valence-electron chi connectivity index (χ3n) is 3.04. The molecule has 1 aromatic carbocycles. The summed E-state index contributed by atoms with van der Waals surface area (Å²) in [6, 6.07) is 3.83. The van der Waals surface area contributed by atoms with Gasteiger partial charge in [-0.25, -0.2) is 4.98 Å². The van der Waals surface area contributed by atoms with Crippen LogP contribution in [0.15, 0.2) is 29.3 Å². The van der Waals surface area contributed by atoms with Crippen LogP contribution in [0.4, 0.5) is 5.69 Å². The molecular formula is C14H16N4O4. The molecule has 0 saturated heterocycles. The highest BCUT2D eigenvalue weighted by Gasteiger charge is 2.12. The van der Waals surface area contributed by atoms with Crippen LogP contribution in [0.1, 0.15) is 13.8 Å². The summed E-state index contributed by atoms with van der Waals surface area (Å²) in [4.78, 5) is 38.2. The van der Waals surface area contributed by atoms with Crippen molar-refractivity contribution in [1.82, 2.24) is 14.9 Å². The molecule has 2 aromatic rings. The minimum atomic E-state index is -0.550. The summed E-state index contributed by atoms with van der Waals surface area (Å²) in [6.07, 6.45) is 1.23. The number of non-ortho nitro benzene ring substituents is 1. The number of nitrogens with one attached hydrogen (secondary N) is 1. The van der Waals surface area contributed by atoms with Crippen LogP contribution in [-0.2, 0) is 11.3 Å². The molecule has 0 aliphatic heterocycles. The summed E-state index contributed by atoms with van der Waals surface area (Å²) in [6.45, 7) is 4.33. The zero-order valence-electron chi connectivity index (χ0n) is 12.3. The van der Waals surface area contributed by atoms with E-state index in [1.165, 1.54) is 29.1 Å². The van der Waals surface area contributed by atoms with Gasteiger partial charge in [0.05, 0.1) is 22.2 Å². The van der Waals surface area contributed by atoms with Crippen molar-refractivity contribution in [3.8, 4) is 0 Å². The maximum absolute atomic E-state index is 12.3. The average molecular weight is 304 g/mol. The van der Waals surface area contributed by atoms with Crippen molar-refractivity contribution in [2.75, 3.05) is 6.54 Å². The lowest BCUT2D eigenvalue weighted by atomic mass is 10.2. The van der Waals surface area contributed by atoms with Gasteiger partial charge in [-0.3, -0.25) is 24.3 Å². The molecule has 1 amide bonds. The van der Waals surface area contributed by atoms with Crippen molar-refractivity contribution < 1.29 is 9.72 Å². The molecule has 0 aliphatic rings. The average Bonchev–Trinajstić information content (AvgIpc) is 2.47. The van der Waals surface area contributed by atoms with Crippen LogP contribution in [0.2, 0.25) is 0 Å². The number of fused-ring (bicyclic) bond motifs is 1. The van der Waals surface area contributed by atoms with Crippen molar-refractivity contribution in [1.29, 1.82) is 0 Å². The number of rotatable bonds is 5. The minimum absolute atomic E-state index is 0.133. The van der Waals surface area contributed by atoms with Crippen LogP contribution >= 0.6 is 0 Å². The molecule has 0 radical (unpaired) electrons. The first kappa shape index (κ1) is 15.6. The van der Waals surface area contributed by atoms with E-state index in [4.69, 9.17) is 0 Å². The quantitative estimate of drug-likeness (QED) is 0.657. The van der Waals surface area contributed by atoms with Gasteiger partial charge in [0.15, 0.2) is 0 Å². The Bertz CT molecular complexity index is 782. The van der Waals surface area contributed by atoms with Crippen LogP contribution in [0.25, 0.3) is 10.9 Å². The highest BCUT2D eigenvalue weighted by atomic mass is 16.6. The number of nitro benzene ring substituents is 1. The molecule has 0 spiro atoms. The van der Waals surface area contributed by atoms with Gasteiger partial charge in [-0.1, -0.05) is 13.8 Å². The van der Waals surface area contributed by atoms with E-state index in [1.54, 1.807) is 0 Å². The first-order valence-electron chi connectivity index (χ1n) is 6.78. The largest absolute Gasteiger partial charge is 0.354 e. The second-order valence-corrected chi connectivity index (χ2v) is 5.33. The summed E-state index contributed by atoms with van der Waals surface area (Å²) in [5, 5.41) is 13.7. The SMILES string of the molecule is CC(C)CNC(=O)Cn1cnc2cc([N+](=O)[O-])ccc2c1=O. The Hall–Kier alpha value is -2.77. The first-order valence-corrected chi connectivity index (χ1v) is 6.78. The Labute approximate surface area is 125 Å². The smallest absolute Gasteiger partial charge is 0.271 e. The van der Waals surface area contributed by atoms with Crippen molar-refractivity contribution in [3.63, 3.8) is 0 Å². The fraction of sp³-hybridized carbons (Fsp3) is 0.357. The van der Waals surface area contributed by atoms with Gasteiger partial charge in [0, 0.05) is 18.7 Å². The van der Waals surface area contributed by atoms with E-state index in [2.05, 4.69) is 10.3 Å². The lowest BCUT2D eigenvalue weighted by molar-refractivity contribution is -0.384. The van der Waals surface area contributed by atoms with Gasteiger partial charge in [-0.2, -0.15) is 0 Å². The number of carbonyl (C=O) groups is 1. The molecule has 8 nitrogen and oxygen atoms in total. The minimum Gasteiger partial charge on any atom is -0.354 e. The van der Waals surface area contributed by atoms with Gasteiger partial charge in [-0.05, 0) is 12.0 Å². The fourth-order valence-electron chi connectivity index (χ4n) is 1.90. The third kappa shape index (κ3) is 3.46. The Morgan fingerprint density at radius 2 is 2.18 bits per heavy atom. The summed E-state index contributed by atoms with van der Waals surface area (Å²) in [5.41, 5.74) is -0.301. The van der Waals surface area contributed by atoms with Crippen LogP contribution in [0.5, 0.6) is 0 Å². The molecule has 8 heteroatoms. The zero-order valence-corrected chi connectivity index (χ0v) is 12.3. The van der Waals surface area contributed by atoms with Gasteiger partial charge in [0.1, 0.15) is 6.54 Å². The summed E-state index contributed by atoms with van der Waals surface area (Å²) >= 11 is 0. The standard InChI is InChI=1S/C14H16N4O4/c1-9(2)6-15-13(19)7-17-8-16-12-5-10(18(21)22)3-4-11(12)14(17)20/h3-5,8-9H,6-7H2,1-2H3,(H,15,19). The monoisotopic (exact) mass is 304 g/mol. The molecule has 0 unspecified atom stereocenters. The molecule has 1 N–H and O–H groups in total. The molecular weight excluding hydrogens is 288 g/mol. The highest BCUT2D eigenvalue weighted by Crippen LogP contribution is 2.16. The first-order chi connectivity index (χ1) is 10.4. The summed E-state index contributed by atoms with van der Waals surface area (Å²) < 4.78 is 1.18. The van der Waals surface area contributed by atoms with E-state index >= 15 is 0 Å². The van der Waals surface area contributed by atoms with Crippen LogP contribution in [-0.4, -0.2) is 26.9 Å². The molecule has 1 heterocycles. The number of hydrogen-bond donors (Lipinski definition) is 1. The number of nitro groups is 1. The number of hydrogen-bond acceptors (Lipinski definition) is 5. The molecule has 0 fully saturated rings. The predicted octanol–water partition coefficient (Wildman–Crippen LogP) is 1.08. The molecule has 0 atom stereocenters. The summed E-state index contributed by atoms with van der Waals surface area (Å²) in [5.74, 6) is 0.0369. The number of nitrogens with zero attached hydrogens (tertiary/aromatic N) is 3. The van der Waals surface area contributed by atoms with Crippen LogP contribution in [0, 0.1) is 16.0 Å². The second-order valence-electron chi connectivity index (χ2n) is 5.33. The van der Waals surface area contributed by atoms with E-state index in [0.717, 1.165) is 0 Å². The Morgan fingerprint density at radius 1 is 1.45 bits per heavy atom. The normalized spacial score (nSPS) is 10.9. The number of amides is 1. The molecule has 2 rings (SSSR count). The highest BCUT2D eigenvalue weighted by molar-refractivity contribution is 5.80. The topological polar surface area (TPSA) is 107 Å². The molecule has 22 heavy (non-hydrogen) atoms. The number of carbonyl (C=O) groups excluding carboxylic acids is 1. The maximum Gasteiger partial charge on any atom is 0.271 e. The fourth-order valence-corrected chi connectivity index (χ4v) is 1.90. The lowest BCUT2D eigenvalue weighted by Crippen LogP contribution is -2.34. The van der Waals surface area contributed by atoms with Crippen molar-refractivity contribution >= 4 is 22.5 Å². The van der Waals surface area contributed by atoms with Gasteiger partial charge in [0.2, 0.25) is 5.91 Å². The van der Waals surface area contributed by atoms with Crippen LogP contribution in [0.3, 0.4) is 0 Å². The number of aromatic nitrogens is 2. The van der Waals surface area contributed by atoms with E-state index in [-0.39, 0.29) is 29.0 Å². The second kappa shape index (κ2) is 6.33. The summed E-state index contributed by atoms with van der Waals surface area (Å²) in [7, 11) is 0. The Kier molecular flexibility index (Phi) is 4.50.